The molecule has 0 fully saturated rings. The van der Waals surface area contributed by atoms with Gasteiger partial charge < -0.3 is 20.4 Å². The molecule has 0 radical (unpaired) electrons. The third kappa shape index (κ3) is 13.3. The van der Waals surface area contributed by atoms with Crippen LogP contribution in [0.25, 0.3) is 0 Å². The second kappa shape index (κ2) is 17.2. The number of carboxylic acid groups (broad SMARTS) is 3. The van der Waals surface area contributed by atoms with E-state index in [9.17, 15) is 24.6 Å². The van der Waals surface area contributed by atoms with Crippen molar-refractivity contribution in [2.45, 2.75) is 109 Å². The summed E-state index contributed by atoms with van der Waals surface area (Å²) in [6, 6.07) is 0. The van der Waals surface area contributed by atoms with E-state index in [4.69, 9.17) is 10.2 Å². The van der Waals surface area contributed by atoms with E-state index in [-0.39, 0.29) is 6.42 Å². The summed E-state index contributed by atoms with van der Waals surface area (Å²) in [7, 11) is 0. The van der Waals surface area contributed by atoms with Gasteiger partial charge in [-0.1, -0.05) is 96.8 Å². The van der Waals surface area contributed by atoms with Gasteiger partial charge in [0, 0.05) is 0 Å². The summed E-state index contributed by atoms with van der Waals surface area (Å²) in [5.41, 5.74) is 0. The highest BCUT2D eigenvalue weighted by molar-refractivity contribution is 5.86. The van der Waals surface area contributed by atoms with Gasteiger partial charge in [-0.25, -0.2) is 4.79 Å². The van der Waals surface area contributed by atoms with Gasteiger partial charge in [-0.05, 0) is 6.42 Å². The maximum atomic E-state index is 11.4. The van der Waals surface area contributed by atoms with E-state index >= 15 is 0 Å². The van der Waals surface area contributed by atoms with Crippen molar-refractivity contribution in [1.29, 1.82) is 0 Å². The van der Waals surface area contributed by atoms with Gasteiger partial charge in [-0.3, -0.25) is 9.59 Å². The lowest BCUT2D eigenvalue weighted by molar-refractivity contribution is -0.167. The average molecular weight is 417 g/mol. The molecule has 0 saturated heterocycles. The summed E-state index contributed by atoms with van der Waals surface area (Å²) < 4.78 is 0. The summed E-state index contributed by atoms with van der Waals surface area (Å²) in [6.45, 7) is 2.22. The Morgan fingerprint density at radius 2 is 0.966 bits per heavy atom. The van der Waals surface area contributed by atoms with Crippen molar-refractivity contribution in [3.05, 3.63) is 0 Å². The zero-order valence-corrected chi connectivity index (χ0v) is 17.9. The van der Waals surface area contributed by atoms with Crippen LogP contribution in [-0.4, -0.2) is 44.4 Å². The van der Waals surface area contributed by atoms with Gasteiger partial charge in [0.05, 0.1) is 5.92 Å². The first-order chi connectivity index (χ1) is 13.8. The SMILES string of the molecule is CCCCCCCCCCCCCCCCC(C(=O)O)C(C(=O)O)C(O)C(=O)O. The molecular formula is C22H40O7. The first-order valence-corrected chi connectivity index (χ1v) is 11.2. The molecule has 0 amide bonds. The molecule has 0 bridgehead atoms. The smallest absolute Gasteiger partial charge is 0.333 e. The summed E-state index contributed by atoms with van der Waals surface area (Å²) in [6.07, 6.45) is 14.0. The highest BCUT2D eigenvalue weighted by Gasteiger charge is 2.42. The molecule has 0 aliphatic carbocycles. The number of carboxylic acids is 3. The Bertz CT molecular complexity index is 464. The fourth-order valence-corrected chi connectivity index (χ4v) is 3.70. The van der Waals surface area contributed by atoms with E-state index in [1.807, 2.05) is 0 Å². The van der Waals surface area contributed by atoms with Crippen molar-refractivity contribution >= 4 is 17.9 Å². The third-order valence-electron chi connectivity index (χ3n) is 5.50. The number of hydrogen-bond acceptors (Lipinski definition) is 4. The van der Waals surface area contributed by atoms with Crippen molar-refractivity contribution in [2.75, 3.05) is 0 Å². The van der Waals surface area contributed by atoms with E-state index in [1.54, 1.807) is 0 Å². The Morgan fingerprint density at radius 1 is 0.586 bits per heavy atom. The Labute approximate surface area is 174 Å². The highest BCUT2D eigenvalue weighted by atomic mass is 16.4. The Kier molecular flexibility index (Phi) is 16.3. The van der Waals surface area contributed by atoms with Crippen LogP contribution in [0.2, 0.25) is 0 Å². The number of aliphatic hydroxyl groups is 1. The van der Waals surface area contributed by atoms with Crippen LogP contribution in [0.15, 0.2) is 0 Å². The van der Waals surface area contributed by atoms with Crippen LogP contribution in [-0.2, 0) is 14.4 Å². The summed E-state index contributed by atoms with van der Waals surface area (Å²) in [5, 5.41) is 36.8. The standard InChI is InChI=1S/C22H40O7/c1-2-3-4-5-6-7-8-9-10-11-12-13-14-15-16-17(20(24)25)18(21(26)27)19(23)22(28)29/h17-19,23H,2-16H2,1H3,(H,24,25)(H,26,27)(H,28,29). The van der Waals surface area contributed by atoms with Crippen LogP contribution < -0.4 is 0 Å². The number of aliphatic carboxylic acids is 3. The number of carbonyl (C=O) groups is 3. The van der Waals surface area contributed by atoms with E-state index in [0.29, 0.717) is 6.42 Å². The van der Waals surface area contributed by atoms with Crippen molar-refractivity contribution in [3.63, 3.8) is 0 Å². The lowest BCUT2D eigenvalue weighted by Crippen LogP contribution is -2.42. The molecule has 3 unspecified atom stereocenters. The quantitative estimate of drug-likeness (QED) is 0.211. The van der Waals surface area contributed by atoms with Crippen LogP contribution in [0.3, 0.4) is 0 Å². The van der Waals surface area contributed by atoms with Gasteiger partial charge in [0.15, 0.2) is 6.10 Å². The molecule has 29 heavy (non-hydrogen) atoms. The van der Waals surface area contributed by atoms with E-state index in [0.717, 1.165) is 25.7 Å². The van der Waals surface area contributed by atoms with E-state index < -0.39 is 35.8 Å². The van der Waals surface area contributed by atoms with Gasteiger partial charge in [0.2, 0.25) is 0 Å². The lowest BCUT2D eigenvalue weighted by Gasteiger charge is -2.22. The molecule has 0 aliphatic heterocycles. The molecule has 0 aromatic carbocycles. The molecular weight excluding hydrogens is 376 g/mol. The highest BCUT2D eigenvalue weighted by Crippen LogP contribution is 2.24. The monoisotopic (exact) mass is 416 g/mol. The van der Waals surface area contributed by atoms with E-state index in [2.05, 4.69) is 6.92 Å². The Morgan fingerprint density at radius 3 is 1.28 bits per heavy atom. The number of aliphatic hydroxyl groups excluding tert-OH is 1. The number of unbranched alkanes of at least 4 members (excludes halogenated alkanes) is 13. The Hall–Kier alpha value is -1.63. The second-order valence-corrected chi connectivity index (χ2v) is 7.98. The molecule has 0 aliphatic rings. The summed E-state index contributed by atoms with van der Waals surface area (Å²) in [5.74, 6) is -7.95. The molecule has 0 rings (SSSR count). The summed E-state index contributed by atoms with van der Waals surface area (Å²) >= 11 is 0. The van der Waals surface area contributed by atoms with Crippen molar-refractivity contribution in [1.82, 2.24) is 0 Å². The van der Waals surface area contributed by atoms with Crippen molar-refractivity contribution in [3.8, 4) is 0 Å². The molecule has 7 heteroatoms. The zero-order valence-electron chi connectivity index (χ0n) is 17.9. The molecule has 7 nitrogen and oxygen atoms in total. The van der Waals surface area contributed by atoms with Crippen molar-refractivity contribution < 1.29 is 34.8 Å². The minimum absolute atomic E-state index is 0.0503. The molecule has 0 aromatic rings. The van der Waals surface area contributed by atoms with Crippen LogP contribution in [0.5, 0.6) is 0 Å². The molecule has 0 aromatic heterocycles. The minimum Gasteiger partial charge on any atom is -0.481 e. The fraction of sp³-hybridized carbons (Fsp3) is 0.864. The minimum atomic E-state index is -2.22. The predicted octanol–water partition coefficient (Wildman–Crippen LogP) is 4.70. The normalized spacial score (nSPS) is 14.3. The largest absolute Gasteiger partial charge is 0.481 e. The Balaban J connectivity index is 3.89. The van der Waals surface area contributed by atoms with E-state index in [1.165, 1.54) is 57.8 Å². The van der Waals surface area contributed by atoms with Gasteiger partial charge in [-0.2, -0.15) is 0 Å². The van der Waals surface area contributed by atoms with Gasteiger partial charge in [0.25, 0.3) is 0 Å². The lowest BCUT2D eigenvalue weighted by atomic mass is 9.83. The van der Waals surface area contributed by atoms with Crippen molar-refractivity contribution in [2.24, 2.45) is 11.8 Å². The number of hydrogen-bond donors (Lipinski definition) is 4. The molecule has 4 N–H and O–H groups in total. The van der Waals surface area contributed by atoms with Gasteiger partial charge in [-0.15, -0.1) is 0 Å². The van der Waals surface area contributed by atoms with Gasteiger partial charge >= 0.3 is 17.9 Å². The molecule has 0 saturated carbocycles. The summed E-state index contributed by atoms with van der Waals surface area (Å²) in [4.78, 5) is 33.5. The maximum absolute atomic E-state index is 11.4. The van der Waals surface area contributed by atoms with Crippen LogP contribution >= 0.6 is 0 Å². The predicted molar refractivity (Wildman–Crippen MR) is 111 cm³/mol. The maximum Gasteiger partial charge on any atom is 0.333 e. The van der Waals surface area contributed by atoms with Gasteiger partial charge in [0.1, 0.15) is 5.92 Å². The first-order valence-electron chi connectivity index (χ1n) is 11.2. The zero-order chi connectivity index (χ0) is 22.1. The first kappa shape index (κ1) is 27.4. The third-order valence-corrected chi connectivity index (χ3v) is 5.50. The van der Waals surface area contributed by atoms with Crippen LogP contribution in [0, 0.1) is 11.8 Å². The average Bonchev–Trinajstić information content (AvgIpc) is 2.66. The van der Waals surface area contributed by atoms with Crippen LogP contribution in [0.1, 0.15) is 103 Å². The van der Waals surface area contributed by atoms with Crippen LogP contribution in [0.4, 0.5) is 0 Å². The molecule has 0 spiro atoms. The number of rotatable bonds is 20. The molecule has 0 heterocycles. The topological polar surface area (TPSA) is 132 Å². The fourth-order valence-electron chi connectivity index (χ4n) is 3.70. The molecule has 170 valence electrons. The second-order valence-electron chi connectivity index (χ2n) is 7.98. The molecule has 3 atom stereocenters.